The van der Waals surface area contributed by atoms with Gasteiger partial charge >= 0.3 is 0 Å². The molecule has 3 heteroatoms. The average Bonchev–Trinajstić information content (AvgIpc) is 3.36. The zero-order valence-electron chi connectivity index (χ0n) is 31.9. The van der Waals surface area contributed by atoms with Gasteiger partial charge in [-0.05, 0) is 71.2 Å². The number of rotatable bonds is 12. The van der Waals surface area contributed by atoms with Crippen LogP contribution in [0.15, 0.2) is 146 Å². The number of aryl methyl sites for hydroxylation is 2. The Hall–Kier alpha value is -4.80. The van der Waals surface area contributed by atoms with Gasteiger partial charge in [0.25, 0.3) is 0 Å². The summed E-state index contributed by atoms with van der Waals surface area (Å²) in [6.07, 6.45) is 4.40. The SMILES string of the molecule is CCCC[N+]1(CCCC)Cc2c(C(O)(c3ccccc3)c3ccccc3)ccc(C)c2-c2c(C)ccc(C(O)(c3ccccc3)c3ccccc3)c2C1. The molecule has 0 unspecified atom stereocenters. The highest BCUT2D eigenvalue weighted by Gasteiger charge is 2.45. The van der Waals surface area contributed by atoms with Gasteiger partial charge in [0, 0.05) is 22.3 Å². The zero-order chi connectivity index (χ0) is 37.1. The molecule has 0 aromatic heterocycles. The second kappa shape index (κ2) is 15.3. The van der Waals surface area contributed by atoms with E-state index >= 15 is 0 Å². The van der Waals surface area contributed by atoms with Crippen molar-refractivity contribution < 1.29 is 14.7 Å². The highest BCUT2D eigenvalue weighted by molar-refractivity contribution is 5.81. The third-order valence-corrected chi connectivity index (χ3v) is 11.8. The van der Waals surface area contributed by atoms with Crippen molar-refractivity contribution in [3.05, 3.63) is 201 Å². The Morgan fingerprint density at radius 3 is 1.04 bits per heavy atom. The minimum atomic E-state index is -1.38. The lowest BCUT2D eigenvalue weighted by Gasteiger charge is -2.41. The molecule has 6 aromatic carbocycles. The van der Waals surface area contributed by atoms with Crippen molar-refractivity contribution in [2.45, 2.75) is 77.7 Å². The summed E-state index contributed by atoms with van der Waals surface area (Å²) in [5.41, 5.74) is 9.70. The summed E-state index contributed by atoms with van der Waals surface area (Å²) in [5, 5.41) is 26.9. The van der Waals surface area contributed by atoms with Gasteiger partial charge < -0.3 is 14.7 Å². The molecule has 1 aliphatic rings. The quantitative estimate of drug-likeness (QED) is 0.0985. The van der Waals surface area contributed by atoms with Crippen molar-refractivity contribution in [3.8, 4) is 11.1 Å². The van der Waals surface area contributed by atoms with E-state index in [2.05, 4.69) is 100 Å². The summed E-state index contributed by atoms with van der Waals surface area (Å²) >= 11 is 0. The van der Waals surface area contributed by atoms with Gasteiger partial charge in [0.05, 0.1) is 13.1 Å². The summed E-state index contributed by atoms with van der Waals surface area (Å²) < 4.78 is 0.855. The van der Waals surface area contributed by atoms with Crippen molar-refractivity contribution in [3.63, 3.8) is 0 Å². The fraction of sp³-hybridized carbons (Fsp3) is 0.280. The fourth-order valence-corrected chi connectivity index (χ4v) is 9.05. The molecule has 0 amide bonds. The molecule has 0 saturated carbocycles. The van der Waals surface area contributed by atoms with E-state index in [0.717, 1.165) is 89.7 Å². The smallest absolute Gasteiger partial charge is 0.141 e. The molecule has 0 aliphatic carbocycles. The van der Waals surface area contributed by atoms with Gasteiger partial charge in [0.15, 0.2) is 0 Å². The number of hydrogen-bond donors (Lipinski definition) is 2. The lowest BCUT2D eigenvalue weighted by atomic mass is 9.73. The first kappa shape index (κ1) is 36.6. The van der Waals surface area contributed by atoms with E-state index < -0.39 is 11.2 Å². The number of quaternary nitrogens is 1. The fourth-order valence-electron chi connectivity index (χ4n) is 9.05. The Morgan fingerprint density at radius 1 is 0.453 bits per heavy atom. The standard InChI is InChI=1S/C50H54NO2/c1-5-7-33-51(34-8-6-2)35-43-45(49(52,39-21-13-9-14-22-39)40-23-15-10-16-24-40)31-29-37(3)47(43)48-38(4)30-32-46(44(48)36-51)50(53,41-25-17-11-18-26-41)42-27-19-12-20-28-42/h9-32,52-53H,5-8,33-36H2,1-4H3/q+1. The predicted molar refractivity (Wildman–Crippen MR) is 219 cm³/mol. The van der Waals surface area contributed by atoms with E-state index in [-0.39, 0.29) is 0 Å². The topological polar surface area (TPSA) is 40.5 Å². The maximum absolute atomic E-state index is 13.4. The normalized spacial score (nSPS) is 13.9. The Balaban J connectivity index is 1.62. The zero-order valence-corrected chi connectivity index (χ0v) is 31.9. The maximum atomic E-state index is 13.4. The van der Waals surface area contributed by atoms with Gasteiger partial charge in [0.1, 0.15) is 24.3 Å². The first-order valence-corrected chi connectivity index (χ1v) is 19.5. The van der Waals surface area contributed by atoms with Crippen LogP contribution in [-0.2, 0) is 24.3 Å². The van der Waals surface area contributed by atoms with E-state index in [9.17, 15) is 10.2 Å². The van der Waals surface area contributed by atoms with E-state index in [4.69, 9.17) is 0 Å². The number of benzene rings is 6. The van der Waals surface area contributed by atoms with Crippen LogP contribution < -0.4 is 0 Å². The first-order chi connectivity index (χ1) is 25.8. The van der Waals surface area contributed by atoms with Crippen LogP contribution in [0, 0.1) is 13.8 Å². The first-order valence-electron chi connectivity index (χ1n) is 19.5. The number of aliphatic hydroxyl groups is 2. The number of nitrogens with zero attached hydrogens (tertiary/aromatic N) is 1. The van der Waals surface area contributed by atoms with Crippen LogP contribution in [0.1, 0.15) is 95.2 Å². The summed E-state index contributed by atoms with van der Waals surface area (Å²) in [6.45, 7) is 12.6. The molecule has 0 bridgehead atoms. The summed E-state index contributed by atoms with van der Waals surface area (Å²) in [4.78, 5) is 0. The van der Waals surface area contributed by atoms with Crippen molar-refractivity contribution in [1.82, 2.24) is 0 Å². The molecular weight excluding hydrogens is 647 g/mol. The molecule has 2 N–H and O–H groups in total. The van der Waals surface area contributed by atoms with Gasteiger partial charge in [0.2, 0.25) is 0 Å². The minimum absolute atomic E-state index is 0.789. The van der Waals surface area contributed by atoms with Crippen LogP contribution in [0.3, 0.4) is 0 Å². The van der Waals surface area contributed by atoms with Gasteiger partial charge in [-0.15, -0.1) is 0 Å². The highest BCUT2D eigenvalue weighted by Crippen LogP contribution is 2.50. The monoisotopic (exact) mass is 700 g/mol. The summed E-state index contributed by atoms with van der Waals surface area (Å²) in [7, 11) is 0. The van der Waals surface area contributed by atoms with Crippen LogP contribution in [0.25, 0.3) is 11.1 Å². The average molecular weight is 701 g/mol. The van der Waals surface area contributed by atoms with Crippen molar-refractivity contribution >= 4 is 0 Å². The second-order valence-electron chi connectivity index (χ2n) is 15.3. The Labute approximate surface area is 316 Å². The molecule has 1 heterocycles. The molecule has 7 rings (SSSR count). The van der Waals surface area contributed by atoms with Gasteiger partial charge in [-0.2, -0.15) is 0 Å². The lowest BCUT2D eigenvalue weighted by Crippen LogP contribution is -2.48. The molecule has 270 valence electrons. The van der Waals surface area contributed by atoms with Crippen LogP contribution in [0.2, 0.25) is 0 Å². The molecule has 0 radical (unpaired) electrons. The molecule has 0 fully saturated rings. The molecule has 1 aliphatic heterocycles. The predicted octanol–water partition coefficient (Wildman–Crippen LogP) is 11.0. The Bertz CT molecular complexity index is 1910. The highest BCUT2D eigenvalue weighted by atomic mass is 16.3. The van der Waals surface area contributed by atoms with Crippen LogP contribution >= 0.6 is 0 Å². The van der Waals surface area contributed by atoms with E-state index in [1.165, 1.54) is 33.4 Å². The maximum Gasteiger partial charge on any atom is 0.141 e. The van der Waals surface area contributed by atoms with Crippen LogP contribution in [0.4, 0.5) is 0 Å². The summed E-state index contributed by atoms with van der Waals surface area (Å²) in [5.74, 6) is 0. The Morgan fingerprint density at radius 2 is 0.755 bits per heavy atom. The van der Waals surface area contributed by atoms with Crippen molar-refractivity contribution in [1.29, 1.82) is 0 Å². The Kier molecular flexibility index (Phi) is 10.5. The number of fused-ring (bicyclic) bond motifs is 3. The molecular formula is C50H54NO2+. The van der Waals surface area contributed by atoms with E-state index in [1.54, 1.807) is 0 Å². The van der Waals surface area contributed by atoms with Crippen LogP contribution in [-0.4, -0.2) is 27.8 Å². The molecule has 0 atom stereocenters. The van der Waals surface area contributed by atoms with Crippen molar-refractivity contribution in [2.24, 2.45) is 0 Å². The lowest BCUT2D eigenvalue weighted by molar-refractivity contribution is -0.953. The largest absolute Gasteiger partial charge is 0.376 e. The van der Waals surface area contributed by atoms with Gasteiger partial charge in [-0.25, -0.2) is 0 Å². The van der Waals surface area contributed by atoms with Gasteiger partial charge in [-0.1, -0.05) is 172 Å². The third-order valence-electron chi connectivity index (χ3n) is 11.8. The minimum Gasteiger partial charge on any atom is -0.376 e. The molecule has 3 nitrogen and oxygen atoms in total. The van der Waals surface area contributed by atoms with Gasteiger partial charge in [-0.3, -0.25) is 0 Å². The van der Waals surface area contributed by atoms with Crippen LogP contribution in [0.5, 0.6) is 0 Å². The summed E-state index contributed by atoms with van der Waals surface area (Å²) in [6, 6.07) is 49.6. The molecule has 53 heavy (non-hydrogen) atoms. The van der Waals surface area contributed by atoms with E-state index in [1.807, 2.05) is 72.8 Å². The van der Waals surface area contributed by atoms with E-state index in [0.29, 0.717) is 0 Å². The second-order valence-corrected chi connectivity index (χ2v) is 15.3. The molecule has 0 spiro atoms. The third kappa shape index (κ3) is 6.56. The molecule has 6 aromatic rings. The molecule has 0 saturated heterocycles. The number of unbranched alkanes of at least 4 members (excludes halogenated alkanes) is 2. The van der Waals surface area contributed by atoms with Crippen molar-refractivity contribution in [2.75, 3.05) is 13.1 Å². The number of hydrogen-bond acceptors (Lipinski definition) is 2.